The molecule has 0 radical (unpaired) electrons. The molecule has 1 amide bonds. The van der Waals surface area contributed by atoms with E-state index in [4.69, 9.17) is 19.5 Å². The second kappa shape index (κ2) is 6.35. The van der Waals surface area contributed by atoms with E-state index >= 15 is 0 Å². The highest BCUT2D eigenvalue weighted by atomic mass is 16.5. The minimum Gasteiger partial charge on any atom is -0.496 e. The van der Waals surface area contributed by atoms with E-state index in [2.05, 4.69) is 5.32 Å². The van der Waals surface area contributed by atoms with E-state index in [0.717, 1.165) is 0 Å². The summed E-state index contributed by atoms with van der Waals surface area (Å²) in [5.41, 5.74) is 0.693. The zero-order valence-electron chi connectivity index (χ0n) is 10.4. The van der Waals surface area contributed by atoms with Gasteiger partial charge in [0.05, 0.1) is 21.3 Å². The normalized spacial score (nSPS) is 9.22. The number of methoxy groups -OCH3 is 3. The van der Waals surface area contributed by atoms with Crippen molar-refractivity contribution in [3.63, 3.8) is 0 Å². The van der Waals surface area contributed by atoms with Crippen molar-refractivity contribution in [1.29, 1.82) is 5.26 Å². The summed E-state index contributed by atoms with van der Waals surface area (Å²) < 4.78 is 15.5. The quantitative estimate of drug-likeness (QED) is 0.784. The first-order valence-corrected chi connectivity index (χ1v) is 5.13. The first-order valence-electron chi connectivity index (χ1n) is 5.13. The van der Waals surface area contributed by atoms with Crippen LogP contribution in [0.2, 0.25) is 0 Å². The maximum absolute atomic E-state index is 10.9. The van der Waals surface area contributed by atoms with E-state index in [1.54, 1.807) is 12.1 Å². The highest BCUT2D eigenvalue weighted by molar-refractivity contribution is 5.91. The van der Waals surface area contributed by atoms with Gasteiger partial charge in [0.15, 0.2) is 17.6 Å². The third kappa shape index (κ3) is 3.04. The van der Waals surface area contributed by atoms with Crippen LogP contribution in [-0.2, 0) is 11.3 Å². The SMILES string of the molecule is COc1cc(OC)c(OC)cc1CNC(=O)C#N. The van der Waals surface area contributed by atoms with Gasteiger partial charge in [-0.3, -0.25) is 4.79 Å². The van der Waals surface area contributed by atoms with E-state index in [-0.39, 0.29) is 6.54 Å². The Labute approximate surface area is 105 Å². The molecule has 0 bridgehead atoms. The zero-order valence-corrected chi connectivity index (χ0v) is 10.4. The molecule has 0 saturated heterocycles. The largest absolute Gasteiger partial charge is 0.496 e. The lowest BCUT2D eigenvalue weighted by Gasteiger charge is -2.13. The van der Waals surface area contributed by atoms with Crippen molar-refractivity contribution in [2.24, 2.45) is 0 Å². The predicted molar refractivity (Wildman–Crippen MR) is 63.6 cm³/mol. The van der Waals surface area contributed by atoms with Gasteiger partial charge in [-0.1, -0.05) is 0 Å². The molecule has 0 aliphatic rings. The van der Waals surface area contributed by atoms with E-state index in [0.29, 0.717) is 22.8 Å². The van der Waals surface area contributed by atoms with Gasteiger partial charge in [-0.2, -0.15) is 5.26 Å². The van der Waals surface area contributed by atoms with Crippen molar-refractivity contribution < 1.29 is 19.0 Å². The van der Waals surface area contributed by atoms with Gasteiger partial charge in [-0.25, -0.2) is 0 Å². The fraction of sp³-hybridized carbons (Fsp3) is 0.333. The number of rotatable bonds is 5. The summed E-state index contributed by atoms with van der Waals surface area (Å²) in [6.07, 6.45) is 0. The second-order valence-corrected chi connectivity index (χ2v) is 3.31. The number of ether oxygens (including phenoxy) is 3. The maximum atomic E-state index is 10.9. The topological polar surface area (TPSA) is 80.6 Å². The zero-order chi connectivity index (χ0) is 13.5. The van der Waals surface area contributed by atoms with Crippen LogP contribution in [0.15, 0.2) is 12.1 Å². The maximum Gasteiger partial charge on any atom is 0.322 e. The van der Waals surface area contributed by atoms with Gasteiger partial charge in [0.1, 0.15) is 5.75 Å². The first-order chi connectivity index (χ1) is 8.65. The minimum atomic E-state index is -0.702. The van der Waals surface area contributed by atoms with Crippen LogP contribution in [0.3, 0.4) is 0 Å². The number of nitrogens with zero attached hydrogens (tertiary/aromatic N) is 1. The molecule has 0 unspecified atom stereocenters. The van der Waals surface area contributed by atoms with Gasteiger partial charge in [-0.05, 0) is 6.07 Å². The van der Waals surface area contributed by atoms with Crippen LogP contribution in [0.4, 0.5) is 0 Å². The number of nitrogens with one attached hydrogen (secondary N) is 1. The fourth-order valence-electron chi connectivity index (χ4n) is 1.45. The van der Waals surface area contributed by atoms with Crippen molar-refractivity contribution in [2.75, 3.05) is 21.3 Å². The van der Waals surface area contributed by atoms with Crippen LogP contribution >= 0.6 is 0 Å². The minimum absolute atomic E-state index is 0.177. The van der Waals surface area contributed by atoms with Gasteiger partial charge < -0.3 is 19.5 Å². The molecule has 6 heteroatoms. The van der Waals surface area contributed by atoms with Crippen molar-refractivity contribution in [1.82, 2.24) is 5.32 Å². The fourth-order valence-corrected chi connectivity index (χ4v) is 1.45. The molecule has 0 spiro atoms. The van der Waals surface area contributed by atoms with Crippen molar-refractivity contribution >= 4 is 5.91 Å². The van der Waals surface area contributed by atoms with Gasteiger partial charge >= 0.3 is 5.91 Å². The lowest BCUT2D eigenvalue weighted by Crippen LogP contribution is -2.20. The number of carbonyl (C=O) groups excluding carboxylic acids is 1. The molecule has 1 aromatic rings. The number of carbonyl (C=O) groups is 1. The molecule has 1 rings (SSSR count). The molecule has 0 saturated carbocycles. The summed E-state index contributed by atoms with van der Waals surface area (Å²) in [7, 11) is 4.55. The molecule has 0 atom stereocenters. The smallest absolute Gasteiger partial charge is 0.322 e. The van der Waals surface area contributed by atoms with E-state index in [9.17, 15) is 4.79 Å². The number of nitriles is 1. The van der Waals surface area contributed by atoms with Crippen LogP contribution in [0.25, 0.3) is 0 Å². The average molecular weight is 250 g/mol. The second-order valence-electron chi connectivity index (χ2n) is 3.31. The van der Waals surface area contributed by atoms with Crippen LogP contribution in [0.5, 0.6) is 17.2 Å². The summed E-state index contributed by atoms with van der Waals surface area (Å²) in [6.45, 7) is 0.177. The molecule has 0 heterocycles. The number of amides is 1. The standard InChI is InChI=1S/C12H14N2O4/c1-16-9-5-11(18-3)10(17-2)4-8(9)7-14-12(15)6-13/h4-5H,7H2,1-3H3,(H,14,15). The Kier molecular flexibility index (Phi) is 4.81. The van der Waals surface area contributed by atoms with Gasteiger partial charge in [0, 0.05) is 18.2 Å². The van der Waals surface area contributed by atoms with Crippen LogP contribution in [-0.4, -0.2) is 27.2 Å². The molecule has 1 aromatic carbocycles. The van der Waals surface area contributed by atoms with Gasteiger partial charge in [-0.15, -0.1) is 0 Å². The molecule has 1 N–H and O–H groups in total. The molecule has 0 aliphatic heterocycles. The van der Waals surface area contributed by atoms with E-state index in [1.807, 2.05) is 0 Å². The Bertz CT molecular complexity index is 480. The number of hydrogen-bond donors (Lipinski definition) is 1. The lowest BCUT2D eigenvalue weighted by molar-refractivity contribution is -0.116. The Morgan fingerprint density at radius 3 is 2.22 bits per heavy atom. The summed E-state index contributed by atoms with van der Waals surface area (Å²) >= 11 is 0. The Morgan fingerprint density at radius 2 is 1.72 bits per heavy atom. The number of benzene rings is 1. The summed E-state index contributed by atoms with van der Waals surface area (Å²) in [5.74, 6) is 0.905. The molecule has 0 fully saturated rings. The molecule has 96 valence electrons. The van der Waals surface area contributed by atoms with E-state index < -0.39 is 5.91 Å². The molecular weight excluding hydrogens is 236 g/mol. The number of hydrogen-bond acceptors (Lipinski definition) is 5. The van der Waals surface area contributed by atoms with Crippen LogP contribution in [0.1, 0.15) is 5.56 Å². The monoisotopic (exact) mass is 250 g/mol. The van der Waals surface area contributed by atoms with E-state index in [1.165, 1.54) is 27.4 Å². The van der Waals surface area contributed by atoms with Crippen LogP contribution in [0, 0.1) is 11.3 Å². The summed E-state index contributed by atoms with van der Waals surface area (Å²) in [5, 5.41) is 10.8. The van der Waals surface area contributed by atoms with Crippen molar-refractivity contribution in [3.8, 4) is 23.3 Å². The Morgan fingerprint density at radius 1 is 1.17 bits per heavy atom. The van der Waals surface area contributed by atoms with Crippen LogP contribution < -0.4 is 19.5 Å². The molecule has 18 heavy (non-hydrogen) atoms. The van der Waals surface area contributed by atoms with Crippen molar-refractivity contribution in [2.45, 2.75) is 6.54 Å². The third-order valence-electron chi connectivity index (χ3n) is 2.33. The average Bonchev–Trinajstić information content (AvgIpc) is 2.43. The summed E-state index contributed by atoms with van der Waals surface area (Å²) in [4.78, 5) is 10.9. The Balaban J connectivity index is 3.02. The third-order valence-corrected chi connectivity index (χ3v) is 2.33. The predicted octanol–water partition coefficient (Wildman–Crippen LogP) is 0.852. The molecule has 6 nitrogen and oxygen atoms in total. The highest BCUT2D eigenvalue weighted by Crippen LogP contribution is 2.34. The Hall–Kier alpha value is -2.42. The first kappa shape index (κ1) is 13.6. The molecule has 0 aliphatic carbocycles. The van der Waals surface area contributed by atoms with Crippen molar-refractivity contribution in [3.05, 3.63) is 17.7 Å². The lowest BCUT2D eigenvalue weighted by atomic mass is 10.1. The molecule has 0 aromatic heterocycles. The van der Waals surface area contributed by atoms with Gasteiger partial charge in [0.25, 0.3) is 0 Å². The highest BCUT2D eigenvalue weighted by Gasteiger charge is 2.12. The molecular formula is C12H14N2O4. The van der Waals surface area contributed by atoms with Gasteiger partial charge in [0.2, 0.25) is 0 Å². The summed E-state index contributed by atoms with van der Waals surface area (Å²) in [6, 6.07) is 4.83.